The average Bonchev–Trinajstić information content (AvgIpc) is 3.30. The third kappa shape index (κ3) is 2.56. The molecule has 0 saturated carbocycles. The monoisotopic (exact) mass is 523 g/mol. The van der Waals surface area contributed by atoms with Gasteiger partial charge in [0, 0.05) is 32.7 Å². The molecule has 154 valence electrons. The SMILES string of the molecule is Cn1c2c(c3ccccc31)C(c1ccccc1)(c1ccccc1)C(I)=C2c1ccccc1. The maximum Gasteiger partial charge on any atom is 0.0792 e. The maximum absolute atomic E-state index is 2.63. The summed E-state index contributed by atoms with van der Waals surface area (Å²) in [5.41, 5.74) is 8.81. The maximum atomic E-state index is 2.63. The number of aromatic nitrogens is 1. The third-order valence-corrected chi connectivity index (χ3v) is 8.09. The smallest absolute Gasteiger partial charge is 0.0792 e. The summed E-state index contributed by atoms with van der Waals surface area (Å²) in [7, 11) is 2.21. The quantitative estimate of drug-likeness (QED) is 0.214. The van der Waals surface area contributed by atoms with E-state index in [0.717, 1.165) is 0 Å². The highest BCUT2D eigenvalue weighted by molar-refractivity contribution is 14.1. The summed E-state index contributed by atoms with van der Waals surface area (Å²) in [6, 6.07) is 41.7. The lowest BCUT2D eigenvalue weighted by Gasteiger charge is -2.33. The Balaban J connectivity index is 1.86. The first-order valence-electron chi connectivity index (χ1n) is 10.9. The second kappa shape index (κ2) is 7.49. The van der Waals surface area contributed by atoms with Crippen LogP contribution in [0, 0.1) is 0 Å². The lowest BCUT2D eigenvalue weighted by atomic mass is 9.71. The first-order valence-corrected chi connectivity index (χ1v) is 12.0. The second-order valence-corrected chi connectivity index (χ2v) is 9.42. The third-order valence-electron chi connectivity index (χ3n) is 6.74. The van der Waals surface area contributed by atoms with Crippen molar-refractivity contribution in [3.63, 3.8) is 0 Å². The number of aryl methyl sites for hydroxylation is 1. The van der Waals surface area contributed by atoms with Gasteiger partial charge in [-0.05, 0) is 45.3 Å². The van der Waals surface area contributed by atoms with E-state index in [1.165, 1.54) is 48.0 Å². The summed E-state index contributed by atoms with van der Waals surface area (Å²) in [4.78, 5) is 0. The largest absolute Gasteiger partial charge is 0.343 e. The molecule has 5 aromatic rings. The predicted molar refractivity (Wildman–Crippen MR) is 142 cm³/mol. The number of rotatable bonds is 3. The molecule has 0 radical (unpaired) electrons. The van der Waals surface area contributed by atoms with Gasteiger partial charge in [0.05, 0.1) is 11.1 Å². The number of halogens is 1. The summed E-state index contributed by atoms with van der Waals surface area (Å²) < 4.78 is 3.74. The van der Waals surface area contributed by atoms with E-state index in [4.69, 9.17) is 0 Å². The standard InChI is InChI=1S/C30H22IN/c1-32-25-20-12-11-19-24(25)27-28(32)26(21-13-5-2-6-14-21)29(31)30(27,22-15-7-3-8-16-22)23-17-9-4-10-18-23/h2-20H,1H3. The first-order chi connectivity index (χ1) is 15.7. The first kappa shape index (κ1) is 19.6. The Morgan fingerprint density at radius 1 is 0.625 bits per heavy atom. The van der Waals surface area contributed by atoms with Crippen LogP contribution in [0.5, 0.6) is 0 Å². The van der Waals surface area contributed by atoms with E-state index in [9.17, 15) is 0 Å². The number of fused-ring (bicyclic) bond motifs is 3. The van der Waals surface area contributed by atoms with Gasteiger partial charge in [-0.2, -0.15) is 0 Å². The van der Waals surface area contributed by atoms with Crippen LogP contribution in [0.1, 0.15) is 27.9 Å². The Morgan fingerprint density at radius 2 is 1.12 bits per heavy atom. The van der Waals surface area contributed by atoms with Crippen LogP contribution < -0.4 is 0 Å². The van der Waals surface area contributed by atoms with Crippen LogP contribution in [-0.2, 0) is 12.5 Å². The molecule has 6 rings (SSSR count). The molecular formula is C30H22IN. The molecule has 0 atom stereocenters. The molecule has 0 amide bonds. The highest BCUT2D eigenvalue weighted by Gasteiger charge is 2.50. The zero-order chi connectivity index (χ0) is 21.7. The van der Waals surface area contributed by atoms with Crippen molar-refractivity contribution in [2.45, 2.75) is 5.41 Å². The van der Waals surface area contributed by atoms with Gasteiger partial charge in [-0.15, -0.1) is 0 Å². The van der Waals surface area contributed by atoms with Gasteiger partial charge in [-0.25, -0.2) is 0 Å². The van der Waals surface area contributed by atoms with Gasteiger partial charge in [0.1, 0.15) is 0 Å². The van der Waals surface area contributed by atoms with Crippen LogP contribution in [0.3, 0.4) is 0 Å². The zero-order valence-electron chi connectivity index (χ0n) is 17.8. The summed E-state index contributed by atoms with van der Waals surface area (Å²) >= 11 is 2.63. The molecule has 0 fully saturated rings. The minimum Gasteiger partial charge on any atom is -0.343 e. The Kier molecular flexibility index (Phi) is 4.58. The molecule has 1 aromatic heterocycles. The van der Waals surface area contributed by atoms with Gasteiger partial charge in [-0.1, -0.05) is 109 Å². The minimum absolute atomic E-state index is 0.357. The molecule has 1 nitrogen and oxygen atoms in total. The summed E-state index contributed by atoms with van der Waals surface area (Å²) in [5.74, 6) is 0. The number of nitrogens with zero attached hydrogens (tertiary/aromatic N) is 1. The van der Waals surface area contributed by atoms with Crippen molar-refractivity contribution >= 4 is 39.1 Å². The Morgan fingerprint density at radius 3 is 1.72 bits per heavy atom. The molecule has 32 heavy (non-hydrogen) atoms. The van der Waals surface area contributed by atoms with E-state index in [2.05, 4.69) is 149 Å². The van der Waals surface area contributed by atoms with Crippen molar-refractivity contribution in [1.29, 1.82) is 0 Å². The van der Waals surface area contributed by atoms with Crippen LogP contribution in [0.4, 0.5) is 0 Å². The van der Waals surface area contributed by atoms with E-state index in [0.29, 0.717) is 0 Å². The average molecular weight is 523 g/mol. The fraction of sp³-hybridized carbons (Fsp3) is 0.0667. The van der Waals surface area contributed by atoms with Crippen LogP contribution >= 0.6 is 22.6 Å². The topological polar surface area (TPSA) is 4.93 Å². The van der Waals surface area contributed by atoms with Gasteiger partial charge in [0.15, 0.2) is 0 Å². The van der Waals surface area contributed by atoms with Crippen molar-refractivity contribution in [3.8, 4) is 0 Å². The summed E-state index contributed by atoms with van der Waals surface area (Å²) in [6.45, 7) is 0. The molecule has 2 heteroatoms. The summed E-state index contributed by atoms with van der Waals surface area (Å²) in [6.07, 6.45) is 0. The highest BCUT2D eigenvalue weighted by atomic mass is 127. The molecule has 0 aliphatic heterocycles. The summed E-state index contributed by atoms with van der Waals surface area (Å²) in [5, 5.41) is 1.32. The van der Waals surface area contributed by atoms with E-state index in [-0.39, 0.29) is 5.41 Å². The molecule has 4 aromatic carbocycles. The Hall–Kier alpha value is -3.11. The molecule has 0 saturated heterocycles. The number of hydrogen-bond donors (Lipinski definition) is 0. The lowest BCUT2D eigenvalue weighted by Crippen LogP contribution is -2.27. The Bertz CT molecular complexity index is 1420. The number of benzene rings is 4. The van der Waals surface area contributed by atoms with Crippen molar-refractivity contribution in [3.05, 3.63) is 147 Å². The molecule has 0 unspecified atom stereocenters. The molecular weight excluding hydrogens is 501 g/mol. The molecule has 0 bridgehead atoms. The highest BCUT2D eigenvalue weighted by Crippen LogP contribution is 2.60. The van der Waals surface area contributed by atoms with Crippen LogP contribution in [0.25, 0.3) is 16.5 Å². The van der Waals surface area contributed by atoms with Crippen molar-refractivity contribution in [1.82, 2.24) is 4.57 Å². The van der Waals surface area contributed by atoms with Crippen molar-refractivity contribution in [2.75, 3.05) is 0 Å². The molecule has 1 aliphatic carbocycles. The normalized spacial score (nSPS) is 14.7. The van der Waals surface area contributed by atoms with Crippen LogP contribution in [0.2, 0.25) is 0 Å². The fourth-order valence-electron chi connectivity index (χ4n) is 5.42. The molecule has 0 N–H and O–H groups in total. The predicted octanol–water partition coefficient (Wildman–Crippen LogP) is 7.72. The lowest BCUT2D eigenvalue weighted by molar-refractivity contribution is 0.791. The number of hydrogen-bond acceptors (Lipinski definition) is 0. The fourth-order valence-corrected chi connectivity index (χ4v) is 6.88. The van der Waals surface area contributed by atoms with Crippen LogP contribution in [0.15, 0.2) is 119 Å². The molecule has 0 spiro atoms. The van der Waals surface area contributed by atoms with E-state index in [1.807, 2.05) is 0 Å². The molecule has 1 heterocycles. The van der Waals surface area contributed by atoms with Crippen molar-refractivity contribution in [2.24, 2.45) is 7.05 Å². The second-order valence-electron chi connectivity index (χ2n) is 8.34. The minimum atomic E-state index is -0.357. The number of allylic oxidation sites excluding steroid dienone is 1. The van der Waals surface area contributed by atoms with E-state index in [1.54, 1.807) is 0 Å². The van der Waals surface area contributed by atoms with Crippen molar-refractivity contribution < 1.29 is 0 Å². The van der Waals surface area contributed by atoms with E-state index < -0.39 is 0 Å². The van der Waals surface area contributed by atoms with Gasteiger partial charge >= 0.3 is 0 Å². The van der Waals surface area contributed by atoms with Crippen LogP contribution in [-0.4, -0.2) is 4.57 Å². The van der Waals surface area contributed by atoms with Gasteiger partial charge in [-0.3, -0.25) is 0 Å². The van der Waals surface area contributed by atoms with Gasteiger partial charge in [0.2, 0.25) is 0 Å². The van der Waals surface area contributed by atoms with E-state index >= 15 is 0 Å². The zero-order valence-corrected chi connectivity index (χ0v) is 20.0. The number of para-hydroxylation sites is 1. The van der Waals surface area contributed by atoms with Gasteiger partial charge in [0.25, 0.3) is 0 Å². The molecule has 1 aliphatic rings. The Labute approximate surface area is 202 Å². The van der Waals surface area contributed by atoms with Gasteiger partial charge < -0.3 is 4.57 Å².